The largest absolute Gasteiger partial charge is 0.373 e. The summed E-state index contributed by atoms with van der Waals surface area (Å²) in [5.74, 6) is 2.14. The second-order valence-electron chi connectivity index (χ2n) is 4.95. The Labute approximate surface area is 110 Å². The second kappa shape index (κ2) is 6.03. The minimum absolute atomic E-state index is 0.708. The first kappa shape index (κ1) is 13.1. The van der Waals surface area contributed by atoms with E-state index < -0.39 is 0 Å². The van der Waals surface area contributed by atoms with Gasteiger partial charge in [-0.15, -0.1) is 0 Å². The van der Waals surface area contributed by atoms with Crippen molar-refractivity contribution in [3.05, 3.63) is 11.9 Å². The molecule has 0 amide bonds. The standard InChI is InChI=1S/C14H24N4/c1-4-6-12-13(15-3)16-10-17-14(12)18(9-5-2)11-7-8-11/h10-11H,4-9H2,1-3H3,(H,15,16,17). The predicted octanol–water partition coefficient (Wildman–Crippen LogP) is 2.85. The van der Waals surface area contributed by atoms with Gasteiger partial charge >= 0.3 is 0 Å². The van der Waals surface area contributed by atoms with Crippen LogP contribution in [-0.4, -0.2) is 29.6 Å². The van der Waals surface area contributed by atoms with Gasteiger partial charge in [-0.1, -0.05) is 20.3 Å². The molecule has 2 rings (SSSR count). The van der Waals surface area contributed by atoms with Gasteiger partial charge in [0.2, 0.25) is 0 Å². The Hall–Kier alpha value is -1.32. The summed E-state index contributed by atoms with van der Waals surface area (Å²) in [4.78, 5) is 11.4. The highest BCUT2D eigenvalue weighted by molar-refractivity contribution is 5.59. The molecular weight excluding hydrogens is 224 g/mol. The SMILES string of the molecule is CCCc1c(NC)ncnc1N(CCC)C1CC1. The van der Waals surface area contributed by atoms with E-state index in [2.05, 4.69) is 34.0 Å². The van der Waals surface area contributed by atoms with Crippen LogP contribution in [-0.2, 0) is 6.42 Å². The van der Waals surface area contributed by atoms with E-state index in [1.165, 1.54) is 24.8 Å². The van der Waals surface area contributed by atoms with Crippen molar-refractivity contribution in [2.75, 3.05) is 23.8 Å². The molecule has 1 aliphatic carbocycles. The maximum absolute atomic E-state index is 4.56. The van der Waals surface area contributed by atoms with Crippen LogP contribution in [0.2, 0.25) is 0 Å². The van der Waals surface area contributed by atoms with Crippen molar-refractivity contribution in [2.24, 2.45) is 0 Å². The van der Waals surface area contributed by atoms with Crippen molar-refractivity contribution in [1.82, 2.24) is 9.97 Å². The van der Waals surface area contributed by atoms with E-state index in [0.717, 1.165) is 31.0 Å². The lowest BCUT2D eigenvalue weighted by Crippen LogP contribution is -2.29. The molecule has 0 aliphatic heterocycles. The highest BCUT2D eigenvalue weighted by atomic mass is 15.2. The minimum atomic E-state index is 0.708. The molecule has 1 aliphatic rings. The molecular formula is C14H24N4. The molecule has 0 bridgehead atoms. The summed E-state index contributed by atoms with van der Waals surface area (Å²) in [7, 11) is 1.94. The van der Waals surface area contributed by atoms with Gasteiger partial charge in [0.25, 0.3) is 0 Å². The summed E-state index contributed by atoms with van der Waals surface area (Å²) in [6.45, 7) is 5.54. The topological polar surface area (TPSA) is 41.1 Å². The molecule has 0 saturated heterocycles. The first-order valence-corrected chi connectivity index (χ1v) is 7.10. The molecule has 1 fully saturated rings. The van der Waals surface area contributed by atoms with Gasteiger partial charge in [0.15, 0.2) is 0 Å². The molecule has 1 saturated carbocycles. The maximum Gasteiger partial charge on any atom is 0.137 e. The van der Waals surface area contributed by atoms with Crippen molar-refractivity contribution < 1.29 is 0 Å². The van der Waals surface area contributed by atoms with Crippen molar-refractivity contribution in [1.29, 1.82) is 0 Å². The Morgan fingerprint density at radius 3 is 2.61 bits per heavy atom. The van der Waals surface area contributed by atoms with E-state index in [4.69, 9.17) is 0 Å². The summed E-state index contributed by atoms with van der Waals surface area (Å²) >= 11 is 0. The van der Waals surface area contributed by atoms with Crippen LogP contribution >= 0.6 is 0 Å². The van der Waals surface area contributed by atoms with Crippen molar-refractivity contribution >= 4 is 11.6 Å². The van der Waals surface area contributed by atoms with Crippen LogP contribution in [0, 0.1) is 0 Å². The zero-order chi connectivity index (χ0) is 13.0. The lowest BCUT2D eigenvalue weighted by Gasteiger charge is -2.26. The zero-order valence-corrected chi connectivity index (χ0v) is 11.7. The Bertz CT molecular complexity index is 387. The monoisotopic (exact) mass is 248 g/mol. The molecule has 100 valence electrons. The van der Waals surface area contributed by atoms with E-state index in [1.807, 2.05) is 7.05 Å². The van der Waals surface area contributed by atoms with E-state index in [9.17, 15) is 0 Å². The van der Waals surface area contributed by atoms with Crippen molar-refractivity contribution in [3.63, 3.8) is 0 Å². The van der Waals surface area contributed by atoms with Gasteiger partial charge < -0.3 is 10.2 Å². The van der Waals surface area contributed by atoms with Crippen LogP contribution in [0.3, 0.4) is 0 Å². The Kier molecular flexibility index (Phi) is 4.39. The fourth-order valence-corrected chi connectivity index (χ4v) is 2.43. The van der Waals surface area contributed by atoms with Crippen LogP contribution in [0.5, 0.6) is 0 Å². The number of hydrogen-bond donors (Lipinski definition) is 1. The number of aromatic nitrogens is 2. The fraction of sp³-hybridized carbons (Fsp3) is 0.714. The van der Waals surface area contributed by atoms with Gasteiger partial charge in [0.05, 0.1) is 0 Å². The molecule has 4 nitrogen and oxygen atoms in total. The molecule has 1 heterocycles. The third-order valence-electron chi connectivity index (χ3n) is 3.38. The average molecular weight is 248 g/mol. The van der Waals surface area contributed by atoms with E-state index >= 15 is 0 Å². The molecule has 0 spiro atoms. The normalized spacial score (nSPS) is 14.6. The minimum Gasteiger partial charge on any atom is -0.373 e. The maximum atomic E-state index is 4.56. The van der Waals surface area contributed by atoms with E-state index in [-0.39, 0.29) is 0 Å². The second-order valence-corrected chi connectivity index (χ2v) is 4.95. The average Bonchev–Trinajstić information content (AvgIpc) is 3.21. The lowest BCUT2D eigenvalue weighted by molar-refractivity contribution is 0.737. The van der Waals surface area contributed by atoms with Crippen LogP contribution < -0.4 is 10.2 Å². The van der Waals surface area contributed by atoms with Crippen molar-refractivity contribution in [3.8, 4) is 0 Å². The van der Waals surface area contributed by atoms with Gasteiger partial charge in [-0.05, 0) is 25.7 Å². The number of anilines is 2. The summed E-state index contributed by atoms with van der Waals surface area (Å²) in [5, 5.41) is 3.20. The fourth-order valence-electron chi connectivity index (χ4n) is 2.43. The quantitative estimate of drug-likeness (QED) is 0.805. The lowest BCUT2D eigenvalue weighted by atomic mass is 10.1. The van der Waals surface area contributed by atoms with Crippen LogP contribution in [0.15, 0.2) is 6.33 Å². The molecule has 0 unspecified atom stereocenters. The van der Waals surface area contributed by atoms with Crippen LogP contribution in [0.25, 0.3) is 0 Å². The number of hydrogen-bond acceptors (Lipinski definition) is 4. The zero-order valence-electron chi connectivity index (χ0n) is 11.7. The Balaban J connectivity index is 2.33. The first-order valence-electron chi connectivity index (χ1n) is 7.10. The van der Waals surface area contributed by atoms with Gasteiger partial charge in [-0.2, -0.15) is 0 Å². The van der Waals surface area contributed by atoms with Gasteiger partial charge in [-0.25, -0.2) is 9.97 Å². The van der Waals surface area contributed by atoms with Gasteiger partial charge in [-0.3, -0.25) is 0 Å². The number of nitrogens with zero attached hydrogens (tertiary/aromatic N) is 3. The smallest absolute Gasteiger partial charge is 0.137 e. The van der Waals surface area contributed by atoms with E-state index in [0.29, 0.717) is 6.04 Å². The molecule has 4 heteroatoms. The predicted molar refractivity (Wildman–Crippen MR) is 76.2 cm³/mol. The highest BCUT2D eigenvalue weighted by Crippen LogP contribution is 2.34. The van der Waals surface area contributed by atoms with Gasteiger partial charge in [0.1, 0.15) is 18.0 Å². The van der Waals surface area contributed by atoms with Gasteiger partial charge in [0, 0.05) is 25.2 Å². The molecule has 18 heavy (non-hydrogen) atoms. The molecule has 0 radical (unpaired) electrons. The third-order valence-corrected chi connectivity index (χ3v) is 3.38. The summed E-state index contributed by atoms with van der Waals surface area (Å²) < 4.78 is 0. The number of nitrogens with one attached hydrogen (secondary N) is 1. The first-order chi connectivity index (χ1) is 8.81. The molecule has 1 aromatic rings. The Morgan fingerprint density at radius 2 is 2.06 bits per heavy atom. The summed E-state index contributed by atoms with van der Waals surface area (Å²) in [5.41, 5.74) is 1.28. The van der Waals surface area contributed by atoms with Crippen LogP contribution in [0.1, 0.15) is 45.1 Å². The van der Waals surface area contributed by atoms with Crippen molar-refractivity contribution in [2.45, 2.75) is 52.0 Å². The number of rotatable bonds is 7. The molecule has 1 N–H and O–H groups in total. The van der Waals surface area contributed by atoms with E-state index in [1.54, 1.807) is 6.33 Å². The third kappa shape index (κ3) is 2.74. The Morgan fingerprint density at radius 1 is 1.28 bits per heavy atom. The summed E-state index contributed by atoms with van der Waals surface area (Å²) in [6.07, 6.45) is 7.64. The highest BCUT2D eigenvalue weighted by Gasteiger charge is 2.31. The molecule has 0 aromatic carbocycles. The summed E-state index contributed by atoms with van der Waals surface area (Å²) in [6, 6.07) is 0.708. The molecule has 0 atom stereocenters. The van der Waals surface area contributed by atoms with Crippen LogP contribution in [0.4, 0.5) is 11.6 Å². The molecule has 1 aromatic heterocycles.